The lowest BCUT2D eigenvalue weighted by Gasteiger charge is -2.12. The highest BCUT2D eigenvalue weighted by atomic mass is 127. The molecule has 1 fully saturated rings. The minimum Gasteiger partial charge on any atom is -0.375 e. The highest BCUT2D eigenvalue weighted by molar-refractivity contribution is 14.1. The lowest BCUT2D eigenvalue weighted by molar-refractivity contribution is 0.159. The van der Waals surface area contributed by atoms with Crippen LogP contribution in [0, 0.1) is 7.40 Å². The average Bonchev–Trinajstić information content (AvgIpc) is 2.77. The molecule has 1 aromatic heterocycles. The van der Waals surface area contributed by atoms with Gasteiger partial charge in [0, 0.05) is 13.1 Å². The van der Waals surface area contributed by atoms with Gasteiger partial charge in [-0.05, 0) is 58.0 Å². The van der Waals surface area contributed by atoms with Crippen LogP contribution in [0.2, 0.25) is 0 Å². The number of ether oxygens (including phenoxy) is 1. The normalized spacial score (nSPS) is 15.7. The molecule has 1 amide bonds. The molecule has 0 radical (unpaired) electrons. The number of hydrogen-bond acceptors (Lipinski definition) is 3. The van der Waals surface area contributed by atoms with Gasteiger partial charge in [-0.1, -0.05) is 0 Å². The van der Waals surface area contributed by atoms with Crippen LogP contribution in [0.5, 0.6) is 6.01 Å². The van der Waals surface area contributed by atoms with Crippen molar-refractivity contribution in [1.82, 2.24) is 14.9 Å². The third kappa shape index (κ3) is 2.74. The lowest BCUT2D eigenvalue weighted by Crippen LogP contribution is -2.30. The Hall–Kier alpha value is -0.0600. The molecule has 1 N–H and O–H groups in total. The van der Waals surface area contributed by atoms with Crippen LogP contribution in [0.3, 0.4) is 0 Å². The first-order valence-corrected chi connectivity index (χ1v) is 6.70. The molecule has 1 aliphatic rings. The van der Waals surface area contributed by atoms with Crippen molar-refractivity contribution in [2.75, 3.05) is 13.1 Å². The number of aromatic amines is 1. The number of likely N-dealkylation sites (tertiary alicyclic amines) is 1. The van der Waals surface area contributed by atoms with Crippen LogP contribution in [-0.2, 0) is 0 Å². The van der Waals surface area contributed by atoms with Crippen LogP contribution in [0.1, 0.15) is 12.8 Å². The van der Waals surface area contributed by atoms with Gasteiger partial charge >= 0.3 is 12.1 Å². The van der Waals surface area contributed by atoms with E-state index in [0.29, 0.717) is 0 Å². The highest BCUT2D eigenvalue weighted by Gasteiger charge is 2.21. The molecule has 1 aliphatic heterocycles. The van der Waals surface area contributed by atoms with Crippen molar-refractivity contribution in [1.29, 1.82) is 0 Å². The summed E-state index contributed by atoms with van der Waals surface area (Å²) in [5.41, 5.74) is 0. The number of rotatable bonds is 1. The highest BCUT2D eigenvalue weighted by Crippen LogP contribution is 2.17. The van der Waals surface area contributed by atoms with Crippen LogP contribution >= 0.6 is 45.2 Å². The summed E-state index contributed by atoms with van der Waals surface area (Å²) in [6.45, 7) is 1.57. The van der Waals surface area contributed by atoms with Gasteiger partial charge < -0.3 is 14.6 Å². The summed E-state index contributed by atoms with van der Waals surface area (Å²) in [5, 5.41) is 0. The zero-order chi connectivity index (χ0) is 10.8. The summed E-state index contributed by atoms with van der Waals surface area (Å²) in [4.78, 5) is 20.2. The Labute approximate surface area is 114 Å². The summed E-state index contributed by atoms with van der Waals surface area (Å²) in [6, 6.07) is 0.278. The second-order valence-electron chi connectivity index (χ2n) is 3.21. The number of H-pyrrole nitrogens is 1. The van der Waals surface area contributed by atoms with E-state index < -0.39 is 0 Å². The van der Waals surface area contributed by atoms with E-state index in [1.165, 1.54) is 0 Å². The van der Waals surface area contributed by atoms with E-state index in [0.717, 1.165) is 33.3 Å². The van der Waals surface area contributed by atoms with Crippen molar-refractivity contribution in [2.24, 2.45) is 0 Å². The second-order valence-corrected chi connectivity index (χ2v) is 5.31. The molecule has 0 unspecified atom stereocenters. The molecule has 0 aromatic carbocycles. The monoisotopic (exact) mass is 433 g/mol. The van der Waals surface area contributed by atoms with Crippen molar-refractivity contribution in [3.63, 3.8) is 0 Å². The van der Waals surface area contributed by atoms with Gasteiger partial charge in [0.15, 0.2) is 0 Å². The van der Waals surface area contributed by atoms with E-state index in [1.54, 1.807) is 4.90 Å². The van der Waals surface area contributed by atoms with E-state index in [9.17, 15) is 4.79 Å². The molecule has 82 valence electrons. The van der Waals surface area contributed by atoms with Gasteiger partial charge in [0.25, 0.3) is 0 Å². The number of aromatic nitrogens is 2. The van der Waals surface area contributed by atoms with Crippen molar-refractivity contribution >= 4 is 51.3 Å². The molecule has 2 heterocycles. The fourth-order valence-electron chi connectivity index (χ4n) is 1.41. The van der Waals surface area contributed by atoms with Gasteiger partial charge in [0.2, 0.25) is 0 Å². The molecule has 1 saturated heterocycles. The van der Waals surface area contributed by atoms with Crippen LogP contribution in [0.25, 0.3) is 0 Å². The Kier molecular flexibility index (Phi) is 3.69. The first-order chi connectivity index (χ1) is 7.16. The SMILES string of the molecule is O=C(Oc1nc(I)c(I)[nH]1)N1CCCC1. The molecule has 7 heteroatoms. The molecule has 15 heavy (non-hydrogen) atoms. The van der Waals surface area contributed by atoms with E-state index in [-0.39, 0.29) is 12.1 Å². The van der Waals surface area contributed by atoms with E-state index >= 15 is 0 Å². The van der Waals surface area contributed by atoms with Gasteiger partial charge in [-0.25, -0.2) is 4.79 Å². The molecular weight excluding hydrogens is 424 g/mol. The Bertz CT molecular complexity index is 354. The van der Waals surface area contributed by atoms with Crippen molar-refractivity contribution in [3.05, 3.63) is 7.40 Å². The zero-order valence-electron chi connectivity index (χ0n) is 7.80. The Morgan fingerprint density at radius 3 is 2.60 bits per heavy atom. The fraction of sp³-hybridized carbons (Fsp3) is 0.500. The summed E-state index contributed by atoms with van der Waals surface area (Å²) in [6.07, 6.45) is 1.80. The maximum atomic E-state index is 11.6. The first kappa shape index (κ1) is 11.4. The molecule has 0 atom stereocenters. The Morgan fingerprint density at radius 1 is 1.40 bits per heavy atom. The number of nitrogens with one attached hydrogen (secondary N) is 1. The van der Waals surface area contributed by atoms with Gasteiger partial charge in [-0.15, -0.1) is 0 Å². The Morgan fingerprint density at radius 2 is 2.07 bits per heavy atom. The van der Waals surface area contributed by atoms with Crippen LogP contribution < -0.4 is 4.74 Å². The molecule has 1 aromatic rings. The van der Waals surface area contributed by atoms with Crippen molar-refractivity contribution in [3.8, 4) is 6.01 Å². The predicted octanol–water partition coefficient (Wildman–Crippen LogP) is 2.21. The van der Waals surface area contributed by atoms with Crippen LogP contribution in [-0.4, -0.2) is 34.1 Å². The lowest BCUT2D eigenvalue weighted by atomic mass is 10.4. The van der Waals surface area contributed by atoms with E-state index in [1.807, 2.05) is 0 Å². The summed E-state index contributed by atoms with van der Waals surface area (Å²) >= 11 is 4.20. The third-order valence-corrected chi connectivity index (χ3v) is 4.74. The topological polar surface area (TPSA) is 58.2 Å². The zero-order valence-corrected chi connectivity index (χ0v) is 12.1. The van der Waals surface area contributed by atoms with Gasteiger partial charge in [0.1, 0.15) is 7.40 Å². The fourth-order valence-corrected chi connectivity index (χ4v) is 2.11. The number of hydrogen-bond donors (Lipinski definition) is 1. The number of carbonyl (C=O) groups is 1. The minimum absolute atomic E-state index is 0.278. The van der Waals surface area contributed by atoms with Crippen molar-refractivity contribution in [2.45, 2.75) is 12.8 Å². The number of carbonyl (C=O) groups excluding carboxylic acids is 1. The predicted molar refractivity (Wildman–Crippen MR) is 70.9 cm³/mol. The summed E-state index contributed by atoms with van der Waals surface area (Å²) in [7, 11) is 0. The molecular formula is C8H9I2N3O2. The molecule has 2 rings (SSSR count). The molecule has 5 nitrogen and oxygen atoms in total. The molecule has 0 bridgehead atoms. The standard InChI is InChI=1S/C8H9I2N3O2/c9-5-6(10)12-7(11-5)15-8(14)13-3-1-2-4-13/h1-4H2,(H,11,12). The Balaban J connectivity index is 1.99. The number of amides is 1. The number of imidazole rings is 1. The maximum absolute atomic E-state index is 11.6. The van der Waals surface area contributed by atoms with Gasteiger partial charge in [0.05, 0.1) is 0 Å². The van der Waals surface area contributed by atoms with E-state index in [2.05, 4.69) is 55.1 Å². The first-order valence-electron chi connectivity index (χ1n) is 4.54. The van der Waals surface area contributed by atoms with Gasteiger partial charge in [-0.2, -0.15) is 4.98 Å². The molecule has 0 saturated carbocycles. The minimum atomic E-state index is -0.311. The molecule has 0 spiro atoms. The molecule has 0 aliphatic carbocycles. The largest absolute Gasteiger partial charge is 0.417 e. The quantitative estimate of drug-likeness (QED) is 0.692. The number of nitrogens with zero attached hydrogens (tertiary/aromatic N) is 2. The van der Waals surface area contributed by atoms with Gasteiger partial charge in [-0.3, -0.25) is 0 Å². The van der Waals surface area contributed by atoms with Crippen LogP contribution in [0.15, 0.2) is 0 Å². The van der Waals surface area contributed by atoms with Crippen molar-refractivity contribution < 1.29 is 9.53 Å². The number of halogens is 2. The maximum Gasteiger partial charge on any atom is 0.417 e. The summed E-state index contributed by atoms with van der Waals surface area (Å²) in [5.74, 6) is 0. The van der Waals surface area contributed by atoms with Crippen LogP contribution in [0.4, 0.5) is 4.79 Å². The smallest absolute Gasteiger partial charge is 0.375 e. The summed E-state index contributed by atoms with van der Waals surface area (Å²) < 4.78 is 6.81. The third-order valence-electron chi connectivity index (χ3n) is 2.15. The van der Waals surface area contributed by atoms with E-state index in [4.69, 9.17) is 4.74 Å². The average molecular weight is 433 g/mol. The second kappa shape index (κ2) is 4.85.